The van der Waals surface area contributed by atoms with Gasteiger partial charge >= 0.3 is 0 Å². The van der Waals surface area contributed by atoms with Crippen molar-refractivity contribution < 1.29 is 25.9 Å². The zero-order valence-electron chi connectivity index (χ0n) is 13.0. The number of nitrogen functional groups attached to an aromatic ring is 2. The van der Waals surface area contributed by atoms with E-state index in [-0.39, 0.29) is 9.79 Å². The van der Waals surface area contributed by atoms with Crippen LogP contribution in [0, 0.1) is 13.8 Å². The third kappa shape index (κ3) is 5.49. The van der Waals surface area contributed by atoms with E-state index in [1.807, 2.05) is 0 Å². The molecule has 2 aromatic rings. The van der Waals surface area contributed by atoms with Gasteiger partial charge in [-0.25, -0.2) is 0 Å². The number of aryl methyl sites for hydroxylation is 2. The first-order valence-corrected chi connectivity index (χ1v) is 9.37. The summed E-state index contributed by atoms with van der Waals surface area (Å²) in [6.45, 7) is 3.17. The molecular formula is C14H18N2O6S2. The Balaban J connectivity index is 0.000000240. The highest BCUT2D eigenvalue weighted by Gasteiger charge is 2.13. The van der Waals surface area contributed by atoms with Gasteiger partial charge in [-0.2, -0.15) is 16.8 Å². The van der Waals surface area contributed by atoms with Crippen LogP contribution in [0.25, 0.3) is 0 Å². The highest BCUT2D eigenvalue weighted by atomic mass is 32.2. The van der Waals surface area contributed by atoms with E-state index in [0.29, 0.717) is 22.5 Å². The van der Waals surface area contributed by atoms with Gasteiger partial charge in [0.05, 0.1) is 9.79 Å². The molecule has 10 heteroatoms. The van der Waals surface area contributed by atoms with Gasteiger partial charge in [-0.3, -0.25) is 9.11 Å². The van der Waals surface area contributed by atoms with Crippen molar-refractivity contribution in [2.24, 2.45) is 0 Å². The molecule has 0 aliphatic rings. The predicted octanol–water partition coefficient (Wildman–Crippen LogP) is 1.65. The molecule has 0 heterocycles. The SMILES string of the molecule is Cc1ccc(N)cc1S(=O)(=O)O.Cc1ccc(N)cc1S(=O)(=O)O. The average molecular weight is 374 g/mol. The second kappa shape index (κ2) is 7.18. The summed E-state index contributed by atoms with van der Waals surface area (Å²) < 4.78 is 60.2. The molecule has 0 radical (unpaired) electrons. The number of benzene rings is 2. The van der Waals surface area contributed by atoms with Gasteiger partial charge in [0.2, 0.25) is 0 Å². The molecule has 0 spiro atoms. The zero-order valence-corrected chi connectivity index (χ0v) is 14.6. The van der Waals surface area contributed by atoms with E-state index >= 15 is 0 Å². The standard InChI is InChI=1S/2C7H9NO3S/c2*1-5-2-3-6(8)4-7(5)12(9,10)11/h2*2-4H,8H2,1H3,(H,9,10,11). The minimum absolute atomic E-state index is 0.137. The Bertz CT molecular complexity index is 874. The van der Waals surface area contributed by atoms with Crippen LogP contribution in [0.15, 0.2) is 46.2 Å². The molecule has 8 nitrogen and oxygen atoms in total. The molecule has 6 N–H and O–H groups in total. The summed E-state index contributed by atoms with van der Waals surface area (Å²) in [6.07, 6.45) is 0. The molecule has 0 fully saturated rings. The Hall–Kier alpha value is -2.14. The van der Waals surface area contributed by atoms with Gasteiger partial charge in [0.1, 0.15) is 0 Å². The largest absolute Gasteiger partial charge is 0.399 e. The summed E-state index contributed by atoms with van der Waals surface area (Å²) in [7, 11) is -8.27. The number of rotatable bonds is 2. The van der Waals surface area contributed by atoms with Gasteiger partial charge in [-0.05, 0) is 49.2 Å². The number of hydrogen-bond acceptors (Lipinski definition) is 6. The maximum absolute atomic E-state index is 10.7. The van der Waals surface area contributed by atoms with Crippen LogP contribution < -0.4 is 11.5 Å². The van der Waals surface area contributed by atoms with Gasteiger partial charge in [-0.1, -0.05) is 12.1 Å². The minimum Gasteiger partial charge on any atom is -0.399 e. The lowest BCUT2D eigenvalue weighted by Crippen LogP contribution is -2.01. The van der Waals surface area contributed by atoms with Crippen LogP contribution in [0.1, 0.15) is 11.1 Å². The Labute approximate surface area is 140 Å². The molecule has 2 aromatic carbocycles. The molecule has 0 saturated carbocycles. The summed E-state index contributed by atoms with van der Waals surface area (Å²) in [5, 5.41) is 0. The molecule has 2 rings (SSSR count). The first kappa shape index (κ1) is 19.9. The molecule has 0 atom stereocenters. The number of nitrogens with two attached hydrogens (primary N) is 2. The summed E-state index contributed by atoms with van der Waals surface area (Å²) >= 11 is 0. The number of anilines is 2. The monoisotopic (exact) mass is 374 g/mol. The molecule has 0 aliphatic carbocycles. The Morgan fingerprint density at radius 2 is 1.00 bits per heavy atom. The van der Waals surface area contributed by atoms with Crippen molar-refractivity contribution in [3.05, 3.63) is 47.5 Å². The van der Waals surface area contributed by atoms with Crippen molar-refractivity contribution in [3.63, 3.8) is 0 Å². The van der Waals surface area contributed by atoms with E-state index in [9.17, 15) is 16.8 Å². The van der Waals surface area contributed by atoms with Gasteiger partial charge in [0.25, 0.3) is 20.2 Å². The molecule has 0 amide bonds. The molecular weight excluding hydrogens is 356 g/mol. The lowest BCUT2D eigenvalue weighted by Gasteiger charge is -2.02. The summed E-state index contributed by atoms with van der Waals surface area (Å²) in [5.41, 5.74) is 12.3. The van der Waals surface area contributed by atoms with Crippen molar-refractivity contribution in [1.82, 2.24) is 0 Å². The zero-order chi connectivity index (χ0) is 18.7. The smallest absolute Gasteiger partial charge is 0.294 e. The van der Waals surface area contributed by atoms with E-state index in [1.165, 1.54) is 12.1 Å². The van der Waals surface area contributed by atoms with E-state index in [4.69, 9.17) is 20.6 Å². The van der Waals surface area contributed by atoms with Gasteiger partial charge in [-0.15, -0.1) is 0 Å². The first-order chi connectivity index (χ1) is 10.8. The van der Waals surface area contributed by atoms with Crippen LogP contribution in [0.3, 0.4) is 0 Å². The van der Waals surface area contributed by atoms with Crippen molar-refractivity contribution >= 4 is 31.6 Å². The second-order valence-corrected chi connectivity index (χ2v) is 7.78. The Morgan fingerprint density at radius 3 is 1.21 bits per heavy atom. The Morgan fingerprint density at radius 1 is 0.708 bits per heavy atom. The van der Waals surface area contributed by atoms with Crippen molar-refractivity contribution in [1.29, 1.82) is 0 Å². The third-order valence-corrected chi connectivity index (χ3v) is 4.97. The fourth-order valence-corrected chi connectivity index (χ4v) is 3.31. The van der Waals surface area contributed by atoms with Crippen LogP contribution in [0.2, 0.25) is 0 Å². The summed E-state index contributed by atoms with van der Waals surface area (Å²) in [6, 6.07) is 8.68. The Kier molecular flexibility index (Phi) is 5.95. The van der Waals surface area contributed by atoms with Crippen LogP contribution in [0.5, 0.6) is 0 Å². The highest BCUT2D eigenvalue weighted by Crippen LogP contribution is 2.18. The molecule has 0 saturated heterocycles. The van der Waals surface area contributed by atoms with Crippen molar-refractivity contribution in [2.45, 2.75) is 23.6 Å². The lowest BCUT2D eigenvalue weighted by molar-refractivity contribution is 0.480. The van der Waals surface area contributed by atoms with E-state index in [0.717, 1.165) is 0 Å². The molecule has 0 aromatic heterocycles. The van der Waals surface area contributed by atoms with Crippen molar-refractivity contribution in [3.8, 4) is 0 Å². The minimum atomic E-state index is -4.14. The lowest BCUT2D eigenvalue weighted by atomic mass is 10.2. The topological polar surface area (TPSA) is 161 Å². The predicted molar refractivity (Wildman–Crippen MR) is 90.8 cm³/mol. The maximum Gasteiger partial charge on any atom is 0.294 e. The molecule has 0 aliphatic heterocycles. The van der Waals surface area contributed by atoms with Gasteiger partial charge < -0.3 is 11.5 Å². The van der Waals surface area contributed by atoms with Crippen molar-refractivity contribution in [2.75, 3.05) is 11.5 Å². The van der Waals surface area contributed by atoms with E-state index < -0.39 is 20.2 Å². The highest BCUT2D eigenvalue weighted by molar-refractivity contribution is 7.86. The summed E-state index contributed by atoms with van der Waals surface area (Å²) in [5.74, 6) is 0. The van der Waals surface area contributed by atoms with Gasteiger partial charge in [0, 0.05) is 11.4 Å². The fraction of sp³-hybridized carbons (Fsp3) is 0.143. The normalized spacial score (nSPS) is 11.5. The molecule has 0 bridgehead atoms. The van der Waals surface area contributed by atoms with E-state index in [1.54, 1.807) is 38.1 Å². The second-order valence-electron chi connectivity index (χ2n) is 5.00. The van der Waals surface area contributed by atoms with E-state index in [2.05, 4.69) is 0 Å². The average Bonchev–Trinajstić information content (AvgIpc) is 2.42. The van der Waals surface area contributed by atoms with Crippen LogP contribution >= 0.6 is 0 Å². The quantitative estimate of drug-likeness (QED) is 0.455. The molecule has 24 heavy (non-hydrogen) atoms. The maximum atomic E-state index is 10.7. The fourth-order valence-electron chi connectivity index (χ4n) is 1.79. The van der Waals surface area contributed by atoms with Crippen LogP contribution in [-0.4, -0.2) is 25.9 Å². The summed E-state index contributed by atoms with van der Waals surface area (Å²) in [4.78, 5) is -0.273. The molecule has 0 unspecified atom stereocenters. The van der Waals surface area contributed by atoms with Crippen LogP contribution in [-0.2, 0) is 20.2 Å². The molecule has 132 valence electrons. The van der Waals surface area contributed by atoms with Crippen LogP contribution in [0.4, 0.5) is 11.4 Å². The third-order valence-electron chi connectivity index (χ3n) is 2.98. The van der Waals surface area contributed by atoms with Gasteiger partial charge in [0.15, 0.2) is 0 Å². The first-order valence-electron chi connectivity index (χ1n) is 6.49. The number of hydrogen-bond donors (Lipinski definition) is 4.